The van der Waals surface area contributed by atoms with Crippen molar-refractivity contribution < 1.29 is 4.39 Å². The minimum absolute atomic E-state index is 0.161. The SMILES string of the molecule is CC(NC1CC(c2ccc(F)cc2)C1)c1cn[nH]c1. The normalized spacial score (nSPS) is 23.9. The molecular formula is C15H18FN3. The standard InChI is InChI=1S/C15H18FN3/c1-10(13-8-17-18-9-13)19-15-6-12(7-15)11-2-4-14(16)5-3-11/h2-5,8-10,12,15,19H,6-7H2,1H3,(H,17,18). The number of hydrogen-bond acceptors (Lipinski definition) is 2. The third-order valence-corrected chi connectivity index (χ3v) is 3.98. The van der Waals surface area contributed by atoms with E-state index in [0.717, 1.165) is 12.8 Å². The Bertz CT molecular complexity index is 515. The van der Waals surface area contributed by atoms with E-state index in [9.17, 15) is 4.39 Å². The maximum absolute atomic E-state index is 12.9. The van der Waals surface area contributed by atoms with Crippen molar-refractivity contribution >= 4 is 0 Å². The van der Waals surface area contributed by atoms with E-state index >= 15 is 0 Å². The average molecular weight is 259 g/mol. The minimum Gasteiger partial charge on any atom is -0.307 e. The van der Waals surface area contributed by atoms with E-state index in [1.807, 2.05) is 24.5 Å². The Morgan fingerprint density at radius 2 is 2.05 bits per heavy atom. The lowest BCUT2D eigenvalue weighted by Crippen LogP contribution is -2.41. The van der Waals surface area contributed by atoms with Crippen LogP contribution in [0.1, 0.15) is 42.9 Å². The summed E-state index contributed by atoms with van der Waals surface area (Å²) in [5.74, 6) is 0.404. The Hall–Kier alpha value is -1.68. The zero-order valence-electron chi connectivity index (χ0n) is 10.9. The van der Waals surface area contributed by atoms with Crippen LogP contribution in [-0.4, -0.2) is 16.2 Å². The van der Waals surface area contributed by atoms with E-state index in [1.54, 1.807) is 12.1 Å². The van der Waals surface area contributed by atoms with Crippen LogP contribution in [0, 0.1) is 5.82 Å². The molecule has 1 saturated carbocycles. The summed E-state index contributed by atoms with van der Waals surface area (Å²) < 4.78 is 12.9. The second-order valence-corrected chi connectivity index (χ2v) is 5.34. The Morgan fingerprint density at radius 3 is 2.68 bits per heavy atom. The lowest BCUT2D eigenvalue weighted by Gasteiger charge is -2.38. The van der Waals surface area contributed by atoms with Crippen LogP contribution in [0.15, 0.2) is 36.7 Å². The molecule has 100 valence electrons. The fourth-order valence-corrected chi connectivity index (χ4v) is 2.71. The summed E-state index contributed by atoms with van der Waals surface area (Å²) in [6, 6.07) is 7.75. The van der Waals surface area contributed by atoms with Gasteiger partial charge in [0, 0.05) is 23.8 Å². The van der Waals surface area contributed by atoms with Crippen LogP contribution in [0.2, 0.25) is 0 Å². The molecule has 1 heterocycles. The molecule has 0 radical (unpaired) electrons. The molecule has 1 atom stereocenters. The number of nitrogens with one attached hydrogen (secondary N) is 2. The fourth-order valence-electron chi connectivity index (χ4n) is 2.71. The second kappa shape index (κ2) is 5.13. The van der Waals surface area contributed by atoms with Crippen molar-refractivity contribution in [1.29, 1.82) is 0 Å². The van der Waals surface area contributed by atoms with Gasteiger partial charge in [0.15, 0.2) is 0 Å². The third-order valence-electron chi connectivity index (χ3n) is 3.98. The highest BCUT2D eigenvalue weighted by Gasteiger charge is 2.31. The molecule has 0 bridgehead atoms. The number of hydrogen-bond donors (Lipinski definition) is 2. The minimum atomic E-state index is -0.161. The third kappa shape index (κ3) is 2.68. The number of H-pyrrole nitrogens is 1. The molecule has 1 aromatic carbocycles. The Labute approximate surface area is 112 Å². The highest BCUT2D eigenvalue weighted by Crippen LogP contribution is 2.37. The van der Waals surface area contributed by atoms with Gasteiger partial charge in [0.05, 0.1) is 6.20 Å². The van der Waals surface area contributed by atoms with Gasteiger partial charge in [-0.3, -0.25) is 5.10 Å². The summed E-state index contributed by atoms with van der Waals surface area (Å²) in [6.07, 6.45) is 6.02. The summed E-state index contributed by atoms with van der Waals surface area (Å²) >= 11 is 0. The molecule has 0 spiro atoms. The highest BCUT2D eigenvalue weighted by molar-refractivity contribution is 5.24. The van der Waals surface area contributed by atoms with Gasteiger partial charge in [-0.1, -0.05) is 12.1 Å². The molecule has 3 nitrogen and oxygen atoms in total. The van der Waals surface area contributed by atoms with Crippen LogP contribution < -0.4 is 5.32 Å². The molecule has 1 unspecified atom stereocenters. The van der Waals surface area contributed by atoms with Crippen LogP contribution >= 0.6 is 0 Å². The van der Waals surface area contributed by atoms with Crippen molar-refractivity contribution in [3.8, 4) is 0 Å². The first-order chi connectivity index (χ1) is 9.22. The van der Waals surface area contributed by atoms with E-state index in [4.69, 9.17) is 0 Å². The first-order valence-electron chi connectivity index (χ1n) is 6.72. The van der Waals surface area contributed by atoms with Gasteiger partial charge in [0.2, 0.25) is 0 Å². The topological polar surface area (TPSA) is 40.7 Å². The summed E-state index contributed by atoms with van der Waals surface area (Å²) in [6.45, 7) is 2.15. The Balaban J connectivity index is 1.51. The van der Waals surface area contributed by atoms with Crippen LogP contribution in [0.5, 0.6) is 0 Å². The molecular weight excluding hydrogens is 241 g/mol. The lowest BCUT2D eigenvalue weighted by atomic mass is 9.75. The van der Waals surface area contributed by atoms with Gasteiger partial charge in [-0.15, -0.1) is 0 Å². The van der Waals surface area contributed by atoms with Gasteiger partial charge in [0.25, 0.3) is 0 Å². The molecule has 0 aliphatic heterocycles. The number of halogens is 1. The molecule has 1 aliphatic carbocycles. The molecule has 19 heavy (non-hydrogen) atoms. The van der Waals surface area contributed by atoms with Crippen molar-refractivity contribution in [1.82, 2.24) is 15.5 Å². The second-order valence-electron chi connectivity index (χ2n) is 5.34. The predicted molar refractivity (Wildman–Crippen MR) is 72.3 cm³/mol. The fraction of sp³-hybridized carbons (Fsp3) is 0.400. The molecule has 2 aromatic rings. The zero-order valence-corrected chi connectivity index (χ0v) is 10.9. The van der Waals surface area contributed by atoms with E-state index in [2.05, 4.69) is 22.4 Å². The van der Waals surface area contributed by atoms with Crippen molar-refractivity contribution in [3.63, 3.8) is 0 Å². The molecule has 1 fully saturated rings. The maximum atomic E-state index is 12.9. The van der Waals surface area contributed by atoms with Crippen LogP contribution in [-0.2, 0) is 0 Å². The van der Waals surface area contributed by atoms with Crippen molar-refractivity contribution in [2.45, 2.75) is 37.8 Å². The maximum Gasteiger partial charge on any atom is 0.123 e. The van der Waals surface area contributed by atoms with Gasteiger partial charge in [-0.25, -0.2) is 4.39 Å². The van der Waals surface area contributed by atoms with Crippen LogP contribution in [0.3, 0.4) is 0 Å². The first-order valence-corrected chi connectivity index (χ1v) is 6.72. The number of rotatable bonds is 4. The van der Waals surface area contributed by atoms with E-state index in [0.29, 0.717) is 18.0 Å². The highest BCUT2D eigenvalue weighted by atomic mass is 19.1. The van der Waals surface area contributed by atoms with E-state index in [1.165, 1.54) is 11.1 Å². The van der Waals surface area contributed by atoms with Gasteiger partial charge < -0.3 is 5.32 Å². The van der Waals surface area contributed by atoms with Gasteiger partial charge in [0.1, 0.15) is 5.82 Å². The quantitative estimate of drug-likeness (QED) is 0.885. The molecule has 3 rings (SSSR count). The molecule has 2 N–H and O–H groups in total. The molecule has 1 aromatic heterocycles. The average Bonchev–Trinajstić information content (AvgIpc) is 2.88. The van der Waals surface area contributed by atoms with E-state index in [-0.39, 0.29) is 5.82 Å². The van der Waals surface area contributed by atoms with Crippen molar-refractivity contribution in [2.24, 2.45) is 0 Å². The Morgan fingerprint density at radius 1 is 1.32 bits per heavy atom. The summed E-state index contributed by atoms with van der Waals surface area (Å²) in [4.78, 5) is 0. The number of benzene rings is 1. The van der Waals surface area contributed by atoms with Crippen LogP contribution in [0.25, 0.3) is 0 Å². The number of nitrogens with zero attached hydrogens (tertiary/aromatic N) is 1. The molecule has 0 amide bonds. The monoisotopic (exact) mass is 259 g/mol. The summed E-state index contributed by atoms with van der Waals surface area (Å²) in [7, 11) is 0. The Kier molecular flexibility index (Phi) is 3.34. The number of aromatic nitrogens is 2. The van der Waals surface area contributed by atoms with Gasteiger partial charge in [-0.2, -0.15) is 5.10 Å². The molecule has 4 heteroatoms. The first kappa shape index (κ1) is 12.4. The summed E-state index contributed by atoms with van der Waals surface area (Å²) in [5.41, 5.74) is 2.43. The summed E-state index contributed by atoms with van der Waals surface area (Å²) in [5, 5.41) is 10.4. The van der Waals surface area contributed by atoms with Crippen molar-refractivity contribution in [3.05, 3.63) is 53.6 Å². The molecule has 1 aliphatic rings. The smallest absolute Gasteiger partial charge is 0.123 e. The predicted octanol–water partition coefficient (Wildman–Crippen LogP) is 3.15. The largest absolute Gasteiger partial charge is 0.307 e. The molecule has 0 saturated heterocycles. The van der Waals surface area contributed by atoms with Gasteiger partial charge in [-0.05, 0) is 43.4 Å². The number of aromatic amines is 1. The van der Waals surface area contributed by atoms with Crippen LogP contribution in [0.4, 0.5) is 4.39 Å². The van der Waals surface area contributed by atoms with Gasteiger partial charge >= 0.3 is 0 Å². The lowest BCUT2D eigenvalue weighted by molar-refractivity contribution is 0.271. The van der Waals surface area contributed by atoms with Crippen molar-refractivity contribution in [2.75, 3.05) is 0 Å². The zero-order chi connectivity index (χ0) is 13.2. The van der Waals surface area contributed by atoms with E-state index < -0.39 is 0 Å².